The third kappa shape index (κ3) is 6.56. The van der Waals surface area contributed by atoms with E-state index in [0.717, 1.165) is 5.56 Å². The van der Waals surface area contributed by atoms with Gasteiger partial charge in [0.15, 0.2) is 5.96 Å². The first kappa shape index (κ1) is 22.3. The topological polar surface area (TPSA) is 93.3 Å². The molecule has 2 heterocycles. The van der Waals surface area contributed by atoms with E-state index >= 15 is 0 Å². The summed E-state index contributed by atoms with van der Waals surface area (Å²) in [6.45, 7) is 7.93. The van der Waals surface area contributed by atoms with Crippen molar-refractivity contribution >= 4 is 12.1 Å². The Morgan fingerprint density at radius 1 is 1.16 bits per heavy atom. The van der Waals surface area contributed by atoms with Crippen LogP contribution in [-0.2, 0) is 11.3 Å². The summed E-state index contributed by atoms with van der Waals surface area (Å²) < 4.78 is 24.5. The minimum atomic E-state index is -0.524. The zero-order valence-electron chi connectivity index (χ0n) is 18.0. The van der Waals surface area contributed by atoms with Gasteiger partial charge in [0.2, 0.25) is 5.88 Å². The number of guanidine groups is 1. The van der Waals surface area contributed by atoms with Crippen LogP contribution in [0, 0.1) is 5.82 Å². The lowest BCUT2D eigenvalue weighted by Crippen LogP contribution is -2.53. The number of carbonyl (C=O) groups is 1. The van der Waals surface area contributed by atoms with Crippen molar-refractivity contribution in [3.8, 4) is 11.6 Å². The summed E-state index contributed by atoms with van der Waals surface area (Å²) >= 11 is 0. The fraction of sp³-hybridized carbons (Fsp3) is 0.409. The number of halogens is 1. The number of carbonyl (C=O) groups excluding carboxylic acids is 1. The predicted octanol–water partition coefficient (Wildman–Crippen LogP) is 3.38. The Kier molecular flexibility index (Phi) is 6.94. The van der Waals surface area contributed by atoms with E-state index in [1.165, 1.54) is 12.1 Å². The minimum absolute atomic E-state index is 0.261. The number of rotatable bonds is 4. The minimum Gasteiger partial charge on any atom is -0.444 e. The average molecular weight is 429 g/mol. The van der Waals surface area contributed by atoms with E-state index in [9.17, 15) is 9.18 Å². The van der Waals surface area contributed by atoms with E-state index in [0.29, 0.717) is 43.8 Å². The van der Waals surface area contributed by atoms with Crippen LogP contribution in [0.1, 0.15) is 26.3 Å². The van der Waals surface area contributed by atoms with Crippen LogP contribution in [0.15, 0.2) is 47.6 Å². The molecule has 1 aliphatic rings. The first-order valence-electron chi connectivity index (χ1n) is 10.1. The van der Waals surface area contributed by atoms with Gasteiger partial charge in [0.05, 0.1) is 6.54 Å². The van der Waals surface area contributed by atoms with Crippen LogP contribution >= 0.6 is 0 Å². The maximum absolute atomic E-state index is 13.4. The van der Waals surface area contributed by atoms with Crippen LogP contribution < -0.4 is 10.5 Å². The van der Waals surface area contributed by atoms with Crippen molar-refractivity contribution in [2.75, 3.05) is 26.2 Å². The van der Waals surface area contributed by atoms with Crippen molar-refractivity contribution in [2.24, 2.45) is 10.7 Å². The van der Waals surface area contributed by atoms with Crippen molar-refractivity contribution in [2.45, 2.75) is 32.9 Å². The molecule has 0 atom stereocenters. The number of aromatic nitrogens is 1. The summed E-state index contributed by atoms with van der Waals surface area (Å²) in [5.41, 5.74) is 6.37. The number of benzene rings is 1. The average Bonchev–Trinajstić information content (AvgIpc) is 2.72. The highest BCUT2D eigenvalue weighted by Crippen LogP contribution is 2.24. The maximum Gasteiger partial charge on any atom is 0.410 e. The number of hydrogen-bond donors (Lipinski definition) is 1. The van der Waals surface area contributed by atoms with Gasteiger partial charge >= 0.3 is 6.09 Å². The number of amides is 1. The quantitative estimate of drug-likeness (QED) is 0.592. The standard InChI is InChI=1S/C22H28FN5O3/c1-22(2,3)31-21(29)28-12-10-27(11-13-28)20(24)26-15-16-6-5-9-25-19(16)30-18-8-4-7-17(23)14-18/h4-9,14H,10-13,15H2,1-3H3,(H2,24,26). The second-order valence-corrected chi connectivity index (χ2v) is 8.16. The van der Waals surface area contributed by atoms with E-state index in [4.69, 9.17) is 15.2 Å². The van der Waals surface area contributed by atoms with E-state index < -0.39 is 5.60 Å². The number of nitrogens with two attached hydrogens (primary N) is 1. The van der Waals surface area contributed by atoms with Gasteiger partial charge in [0, 0.05) is 44.0 Å². The van der Waals surface area contributed by atoms with Gasteiger partial charge in [-0.3, -0.25) is 0 Å². The lowest BCUT2D eigenvalue weighted by Gasteiger charge is -2.36. The molecule has 0 saturated carbocycles. The van der Waals surface area contributed by atoms with Gasteiger partial charge in [-0.25, -0.2) is 19.2 Å². The molecule has 31 heavy (non-hydrogen) atoms. The Hall–Kier alpha value is -3.36. The molecule has 0 aliphatic carbocycles. The molecular formula is C22H28FN5O3. The SMILES string of the molecule is CC(C)(C)OC(=O)N1CCN(C(N)=NCc2cccnc2Oc2cccc(F)c2)CC1. The maximum atomic E-state index is 13.4. The molecule has 1 aliphatic heterocycles. The molecule has 1 fully saturated rings. The summed E-state index contributed by atoms with van der Waals surface area (Å²) in [6.07, 6.45) is 1.28. The molecule has 166 valence electrons. The second kappa shape index (κ2) is 9.63. The number of ether oxygens (including phenoxy) is 2. The monoisotopic (exact) mass is 429 g/mol. The smallest absolute Gasteiger partial charge is 0.410 e. The Morgan fingerprint density at radius 3 is 2.55 bits per heavy atom. The molecule has 0 radical (unpaired) electrons. The van der Waals surface area contributed by atoms with Gasteiger partial charge in [-0.15, -0.1) is 0 Å². The van der Waals surface area contributed by atoms with Gasteiger partial charge in [-0.2, -0.15) is 0 Å². The van der Waals surface area contributed by atoms with Crippen LogP contribution in [-0.4, -0.2) is 58.6 Å². The summed E-state index contributed by atoms with van der Waals surface area (Å²) in [5, 5.41) is 0. The van der Waals surface area contributed by atoms with E-state index in [1.807, 2.05) is 31.7 Å². The van der Waals surface area contributed by atoms with Gasteiger partial charge in [-0.1, -0.05) is 12.1 Å². The second-order valence-electron chi connectivity index (χ2n) is 8.16. The molecule has 1 saturated heterocycles. The molecule has 1 amide bonds. The Labute approximate surface area is 181 Å². The molecule has 2 aromatic rings. The van der Waals surface area contributed by atoms with Crippen molar-refractivity contribution in [1.82, 2.24) is 14.8 Å². The van der Waals surface area contributed by atoms with E-state index in [1.54, 1.807) is 29.3 Å². The Bertz CT molecular complexity index is 937. The van der Waals surface area contributed by atoms with E-state index in [-0.39, 0.29) is 18.5 Å². The summed E-state index contributed by atoms with van der Waals surface area (Å²) in [4.78, 5) is 24.5. The highest BCUT2D eigenvalue weighted by molar-refractivity contribution is 5.78. The predicted molar refractivity (Wildman–Crippen MR) is 115 cm³/mol. The molecule has 0 unspecified atom stereocenters. The molecule has 0 spiro atoms. The number of hydrogen-bond acceptors (Lipinski definition) is 5. The van der Waals surface area contributed by atoms with Crippen LogP contribution in [0.5, 0.6) is 11.6 Å². The first-order chi connectivity index (χ1) is 14.7. The molecule has 3 rings (SSSR count). The Morgan fingerprint density at radius 2 is 1.87 bits per heavy atom. The zero-order chi connectivity index (χ0) is 22.4. The number of aliphatic imine (C=N–C) groups is 1. The normalized spacial score (nSPS) is 15.0. The zero-order valence-corrected chi connectivity index (χ0v) is 18.0. The lowest BCUT2D eigenvalue weighted by molar-refractivity contribution is 0.0186. The molecule has 8 nitrogen and oxygen atoms in total. The van der Waals surface area contributed by atoms with Gasteiger partial charge in [-0.05, 0) is 39.0 Å². The number of pyridine rings is 1. The number of piperazine rings is 1. The largest absolute Gasteiger partial charge is 0.444 e. The molecule has 9 heteroatoms. The fourth-order valence-electron chi connectivity index (χ4n) is 2.99. The summed E-state index contributed by atoms with van der Waals surface area (Å²) in [7, 11) is 0. The highest BCUT2D eigenvalue weighted by Gasteiger charge is 2.26. The summed E-state index contributed by atoms with van der Waals surface area (Å²) in [5.74, 6) is 0.696. The number of nitrogens with zero attached hydrogens (tertiary/aromatic N) is 4. The van der Waals surface area contributed by atoms with Crippen LogP contribution in [0.2, 0.25) is 0 Å². The van der Waals surface area contributed by atoms with Crippen molar-refractivity contribution in [3.05, 3.63) is 54.0 Å². The lowest BCUT2D eigenvalue weighted by atomic mass is 10.2. The first-order valence-corrected chi connectivity index (χ1v) is 10.1. The van der Waals surface area contributed by atoms with Crippen molar-refractivity contribution in [1.29, 1.82) is 0 Å². The van der Waals surface area contributed by atoms with Crippen LogP contribution in [0.4, 0.5) is 9.18 Å². The van der Waals surface area contributed by atoms with Crippen LogP contribution in [0.25, 0.3) is 0 Å². The van der Waals surface area contributed by atoms with Gasteiger partial charge < -0.3 is 25.0 Å². The van der Waals surface area contributed by atoms with Crippen molar-refractivity contribution in [3.63, 3.8) is 0 Å². The van der Waals surface area contributed by atoms with Gasteiger partial charge in [0.25, 0.3) is 0 Å². The highest BCUT2D eigenvalue weighted by atomic mass is 19.1. The third-order valence-corrected chi connectivity index (χ3v) is 4.53. The summed E-state index contributed by atoms with van der Waals surface area (Å²) in [6, 6.07) is 9.47. The molecule has 0 bridgehead atoms. The Balaban J connectivity index is 1.58. The molecule has 1 aromatic carbocycles. The van der Waals surface area contributed by atoms with Crippen LogP contribution in [0.3, 0.4) is 0 Å². The third-order valence-electron chi connectivity index (χ3n) is 4.53. The van der Waals surface area contributed by atoms with Gasteiger partial charge in [0.1, 0.15) is 17.2 Å². The van der Waals surface area contributed by atoms with Crippen molar-refractivity contribution < 1.29 is 18.7 Å². The molecule has 2 N–H and O–H groups in total. The van der Waals surface area contributed by atoms with E-state index in [2.05, 4.69) is 9.98 Å². The molecule has 1 aromatic heterocycles. The molecular weight excluding hydrogens is 401 g/mol. The fourth-order valence-corrected chi connectivity index (χ4v) is 2.99.